The number of nitrogens with one attached hydrogen (secondary N) is 1. The zero-order valence-corrected chi connectivity index (χ0v) is 15.1. The van der Waals surface area contributed by atoms with Crippen molar-refractivity contribution in [3.63, 3.8) is 0 Å². The lowest BCUT2D eigenvalue weighted by molar-refractivity contribution is 0.321. The van der Waals surface area contributed by atoms with Crippen molar-refractivity contribution in [2.24, 2.45) is 5.92 Å². The van der Waals surface area contributed by atoms with Crippen LogP contribution in [0.25, 0.3) is 0 Å². The van der Waals surface area contributed by atoms with E-state index < -0.39 is 0 Å². The summed E-state index contributed by atoms with van der Waals surface area (Å²) in [6, 6.07) is 0.521. The first-order valence-electron chi connectivity index (χ1n) is 8.45. The van der Waals surface area contributed by atoms with Crippen LogP contribution in [0.4, 0.5) is 5.13 Å². The molecule has 1 atom stereocenters. The zero-order valence-electron chi connectivity index (χ0n) is 14.3. The Hall–Kier alpha value is -0.610. The molecular formula is C17H31N3S. The highest BCUT2D eigenvalue weighted by Crippen LogP contribution is 2.34. The van der Waals surface area contributed by atoms with Gasteiger partial charge >= 0.3 is 0 Å². The second-order valence-electron chi connectivity index (χ2n) is 6.83. The van der Waals surface area contributed by atoms with Gasteiger partial charge in [0.25, 0.3) is 0 Å². The van der Waals surface area contributed by atoms with Crippen LogP contribution in [0.5, 0.6) is 0 Å². The fraction of sp³-hybridized carbons (Fsp3) is 0.824. The van der Waals surface area contributed by atoms with Crippen molar-refractivity contribution < 1.29 is 0 Å². The van der Waals surface area contributed by atoms with Gasteiger partial charge in [-0.15, -0.1) is 11.3 Å². The molecule has 1 aromatic heterocycles. The highest BCUT2D eigenvalue weighted by molar-refractivity contribution is 7.15. The van der Waals surface area contributed by atoms with Gasteiger partial charge in [0.05, 0.1) is 5.69 Å². The second kappa shape index (κ2) is 7.59. The number of hydrogen-bond acceptors (Lipinski definition) is 4. The van der Waals surface area contributed by atoms with Gasteiger partial charge in [-0.05, 0) is 31.1 Å². The highest BCUT2D eigenvalue weighted by Gasteiger charge is 2.22. The van der Waals surface area contributed by atoms with Crippen LogP contribution in [-0.2, 0) is 6.54 Å². The molecule has 21 heavy (non-hydrogen) atoms. The van der Waals surface area contributed by atoms with Gasteiger partial charge in [0.1, 0.15) is 0 Å². The number of hydrogen-bond donors (Lipinski definition) is 1. The molecule has 0 radical (unpaired) electrons. The summed E-state index contributed by atoms with van der Waals surface area (Å²) < 4.78 is 0. The van der Waals surface area contributed by atoms with E-state index in [1.165, 1.54) is 41.5 Å². The Labute approximate surface area is 134 Å². The zero-order chi connectivity index (χ0) is 15.4. The van der Waals surface area contributed by atoms with E-state index in [0.29, 0.717) is 12.0 Å². The van der Waals surface area contributed by atoms with E-state index in [2.05, 4.69) is 45.0 Å². The van der Waals surface area contributed by atoms with Gasteiger partial charge in [-0.1, -0.05) is 34.1 Å². The minimum Gasteiger partial charge on any atom is -0.351 e. The monoisotopic (exact) mass is 309 g/mol. The van der Waals surface area contributed by atoms with Crippen molar-refractivity contribution in [2.75, 3.05) is 18.5 Å². The Balaban J connectivity index is 2.09. The third-order valence-electron chi connectivity index (χ3n) is 4.55. The smallest absolute Gasteiger partial charge is 0.185 e. The minimum atomic E-state index is 0.521. The molecular weight excluding hydrogens is 278 g/mol. The summed E-state index contributed by atoms with van der Waals surface area (Å²) in [4.78, 5) is 8.77. The summed E-state index contributed by atoms with van der Waals surface area (Å²) in [6.45, 7) is 11.1. The lowest BCUT2D eigenvalue weighted by Gasteiger charge is -2.29. The molecule has 1 fully saturated rings. The third-order valence-corrected chi connectivity index (χ3v) is 5.74. The van der Waals surface area contributed by atoms with E-state index in [1.807, 2.05) is 11.3 Å². The molecule has 0 amide bonds. The van der Waals surface area contributed by atoms with Gasteiger partial charge in [-0.25, -0.2) is 4.98 Å². The predicted molar refractivity (Wildman–Crippen MR) is 93.4 cm³/mol. The molecule has 1 heterocycles. The normalized spacial score (nSPS) is 17.0. The summed E-state index contributed by atoms with van der Waals surface area (Å²) in [5.74, 6) is 1.44. The van der Waals surface area contributed by atoms with Crippen molar-refractivity contribution in [3.8, 4) is 0 Å². The maximum Gasteiger partial charge on any atom is 0.185 e. The van der Waals surface area contributed by atoms with Crippen LogP contribution in [0, 0.1) is 5.92 Å². The summed E-state index contributed by atoms with van der Waals surface area (Å²) in [6.07, 6.45) is 5.37. The van der Waals surface area contributed by atoms with E-state index in [1.54, 1.807) is 0 Å². The predicted octanol–water partition coefficient (Wildman–Crippen LogP) is 4.39. The molecule has 3 nitrogen and oxygen atoms in total. The maximum atomic E-state index is 4.97. The number of anilines is 1. The fourth-order valence-corrected chi connectivity index (χ4v) is 3.76. The van der Waals surface area contributed by atoms with Crippen LogP contribution in [0.3, 0.4) is 0 Å². The van der Waals surface area contributed by atoms with Crippen molar-refractivity contribution in [2.45, 2.75) is 71.9 Å². The van der Waals surface area contributed by atoms with Gasteiger partial charge in [-0.3, -0.25) is 0 Å². The number of rotatable bonds is 8. The van der Waals surface area contributed by atoms with Crippen LogP contribution >= 0.6 is 11.3 Å². The number of nitrogens with zero attached hydrogens (tertiary/aromatic N) is 2. The van der Waals surface area contributed by atoms with Crippen LogP contribution in [0.15, 0.2) is 0 Å². The third kappa shape index (κ3) is 4.43. The van der Waals surface area contributed by atoms with E-state index in [0.717, 1.165) is 18.9 Å². The van der Waals surface area contributed by atoms with Crippen LogP contribution in [-0.4, -0.2) is 24.6 Å². The molecule has 1 aromatic rings. The quantitative estimate of drug-likeness (QED) is 0.772. The minimum absolute atomic E-state index is 0.521. The Bertz CT molecular complexity index is 437. The van der Waals surface area contributed by atoms with Crippen LogP contribution in [0.1, 0.15) is 69.9 Å². The van der Waals surface area contributed by atoms with E-state index in [9.17, 15) is 0 Å². The molecule has 4 heteroatoms. The molecule has 2 rings (SSSR count). The summed E-state index contributed by atoms with van der Waals surface area (Å²) >= 11 is 1.88. The molecule has 0 bridgehead atoms. The standard InChI is InChI=1S/C17H31N3S/c1-6-13(4)16-15(10-18-12(2)3)21-17(19-16)20(5)11-14-8-7-9-14/h12-14,18H,6-11H2,1-5H3. The molecule has 1 aliphatic carbocycles. The van der Waals surface area contributed by atoms with Gasteiger partial charge in [0, 0.05) is 31.1 Å². The molecule has 1 N–H and O–H groups in total. The average Bonchev–Trinajstić information content (AvgIpc) is 2.83. The molecule has 0 aromatic carbocycles. The molecule has 120 valence electrons. The van der Waals surface area contributed by atoms with E-state index in [4.69, 9.17) is 4.98 Å². The lowest BCUT2D eigenvalue weighted by Crippen LogP contribution is -2.29. The largest absolute Gasteiger partial charge is 0.351 e. The molecule has 0 spiro atoms. The van der Waals surface area contributed by atoms with Gasteiger partial charge < -0.3 is 10.2 Å². The number of thiazole rings is 1. The van der Waals surface area contributed by atoms with Gasteiger partial charge in [-0.2, -0.15) is 0 Å². The maximum absolute atomic E-state index is 4.97. The van der Waals surface area contributed by atoms with E-state index in [-0.39, 0.29) is 0 Å². The van der Waals surface area contributed by atoms with Crippen LogP contribution < -0.4 is 10.2 Å². The SMILES string of the molecule is CCC(C)c1nc(N(C)CC2CCC2)sc1CNC(C)C. The van der Waals surface area contributed by atoms with Crippen molar-refractivity contribution in [1.29, 1.82) is 0 Å². The molecule has 1 unspecified atom stereocenters. The topological polar surface area (TPSA) is 28.2 Å². The van der Waals surface area contributed by atoms with Gasteiger partial charge in [0.2, 0.25) is 0 Å². The summed E-state index contributed by atoms with van der Waals surface area (Å²) in [7, 11) is 2.21. The Kier molecular flexibility index (Phi) is 6.06. The first kappa shape index (κ1) is 16.8. The fourth-order valence-electron chi connectivity index (χ4n) is 2.66. The summed E-state index contributed by atoms with van der Waals surface area (Å²) in [5, 5.41) is 4.75. The van der Waals surface area contributed by atoms with Gasteiger partial charge in [0.15, 0.2) is 5.13 Å². The average molecular weight is 310 g/mol. The Morgan fingerprint density at radius 2 is 2.05 bits per heavy atom. The summed E-state index contributed by atoms with van der Waals surface area (Å²) in [5.41, 5.74) is 1.31. The molecule has 0 aliphatic heterocycles. The van der Waals surface area contributed by atoms with Crippen molar-refractivity contribution in [1.82, 2.24) is 10.3 Å². The van der Waals surface area contributed by atoms with Crippen molar-refractivity contribution in [3.05, 3.63) is 10.6 Å². The van der Waals surface area contributed by atoms with Crippen LogP contribution in [0.2, 0.25) is 0 Å². The van der Waals surface area contributed by atoms with E-state index >= 15 is 0 Å². The highest BCUT2D eigenvalue weighted by atomic mass is 32.1. The number of aromatic nitrogens is 1. The molecule has 1 aliphatic rings. The molecule has 1 saturated carbocycles. The van der Waals surface area contributed by atoms with Crippen molar-refractivity contribution >= 4 is 16.5 Å². The first-order valence-corrected chi connectivity index (χ1v) is 9.27. The Morgan fingerprint density at radius 3 is 2.57 bits per heavy atom. The lowest BCUT2D eigenvalue weighted by atomic mass is 9.85. The molecule has 0 saturated heterocycles. The first-order chi connectivity index (χ1) is 10.0. The Morgan fingerprint density at radius 1 is 1.33 bits per heavy atom. The second-order valence-corrected chi connectivity index (χ2v) is 7.89.